The van der Waals surface area contributed by atoms with Crippen LogP contribution in [0.15, 0.2) is 24.3 Å². The van der Waals surface area contributed by atoms with Crippen LogP contribution < -0.4 is 10.1 Å². The van der Waals surface area contributed by atoms with Crippen LogP contribution in [-0.4, -0.2) is 50.6 Å². The molecule has 134 valence electrons. The van der Waals surface area contributed by atoms with E-state index < -0.39 is 33.4 Å². The number of nitrogens with one attached hydrogen (secondary N) is 1. The average molecular weight is 357 g/mol. The van der Waals surface area contributed by atoms with Crippen molar-refractivity contribution in [2.75, 3.05) is 25.2 Å². The third kappa shape index (κ3) is 6.57. The van der Waals surface area contributed by atoms with Crippen molar-refractivity contribution in [3.8, 4) is 5.75 Å². The molecule has 7 nitrogen and oxygen atoms in total. The Hall–Kier alpha value is -2.09. The highest BCUT2D eigenvalue weighted by Crippen LogP contribution is 2.21. The van der Waals surface area contributed by atoms with Crippen molar-refractivity contribution < 1.29 is 27.9 Å². The van der Waals surface area contributed by atoms with Crippen LogP contribution in [0.25, 0.3) is 0 Å². The lowest BCUT2D eigenvalue weighted by Gasteiger charge is -2.15. The van der Waals surface area contributed by atoms with E-state index >= 15 is 0 Å². The number of aliphatic carboxylic acids is 1. The second kappa shape index (κ2) is 9.27. The summed E-state index contributed by atoms with van der Waals surface area (Å²) in [4.78, 5) is 23.1. The number of hydrogen-bond donors (Lipinski definition) is 2. The van der Waals surface area contributed by atoms with E-state index in [0.29, 0.717) is 17.7 Å². The number of para-hydroxylation sites is 1. The molecule has 1 atom stereocenters. The Morgan fingerprint density at radius 3 is 2.54 bits per heavy atom. The molecule has 1 aromatic rings. The van der Waals surface area contributed by atoms with Crippen LogP contribution in [-0.2, 0) is 25.8 Å². The van der Waals surface area contributed by atoms with Gasteiger partial charge in [0.15, 0.2) is 9.84 Å². The van der Waals surface area contributed by atoms with Crippen molar-refractivity contribution in [2.24, 2.45) is 5.92 Å². The molecule has 1 unspecified atom stereocenters. The molecule has 0 aromatic heterocycles. The van der Waals surface area contributed by atoms with E-state index in [4.69, 9.17) is 4.74 Å². The number of ether oxygens (including phenoxy) is 1. The van der Waals surface area contributed by atoms with Gasteiger partial charge in [-0.25, -0.2) is 8.42 Å². The van der Waals surface area contributed by atoms with Gasteiger partial charge in [-0.15, -0.1) is 0 Å². The van der Waals surface area contributed by atoms with Crippen LogP contribution in [0.3, 0.4) is 0 Å². The molecule has 0 fully saturated rings. The number of carboxylic acids is 1. The lowest BCUT2D eigenvalue weighted by Crippen LogP contribution is -2.37. The summed E-state index contributed by atoms with van der Waals surface area (Å²) in [7, 11) is -1.95. The fourth-order valence-electron chi connectivity index (χ4n) is 2.25. The standard InChI is InChI=1S/C16H23NO6S/c1-3-8-24(21,22)11-15(18)17-10-13(16(19)20)9-12-6-4-5-7-14(12)23-2/h4-7,13H,3,8-11H2,1-2H3,(H,17,18)(H,19,20). The molecule has 1 rings (SSSR count). The maximum Gasteiger partial charge on any atom is 0.308 e. The zero-order valence-electron chi connectivity index (χ0n) is 13.8. The highest BCUT2D eigenvalue weighted by atomic mass is 32.2. The summed E-state index contributed by atoms with van der Waals surface area (Å²) in [5.74, 6) is -2.75. The monoisotopic (exact) mass is 357 g/mol. The second-order valence-corrected chi connectivity index (χ2v) is 7.63. The van der Waals surface area contributed by atoms with Gasteiger partial charge in [-0.2, -0.15) is 0 Å². The maximum atomic E-state index is 11.7. The average Bonchev–Trinajstić information content (AvgIpc) is 2.50. The summed E-state index contributed by atoms with van der Waals surface area (Å²) in [6, 6.07) is 7.03. The lowest BCUT2D eigenvalue weighted by atomic mass is 9.98. The molecule has 0 spiro atoms. The fourth-order valence-corrected chi connectivity index (χ4v) is 3.52. The number of benzene rings is 1. The highest BCUT2D eigenvalue weighted by molar-refractivity contribution is 7.92. The smallest absolute Gasteiger partial charge is 0.308 e. The predicted octanol–water partition coefficient (Wildman–Crippen LogP) is 0.879. The Balaban J connectivity index is 2.67. The minimum atomic E-state index is -3.45. The number of sulfone groups is 1. The first kappa shape index (κ1) is 20.0. The van der Waals surface area contributed by atoms with E-state index in [1.165, 1.54) is 7.11 Å². The van der Waals surface area contributed by atoms with Gasteiger partial charge in [-0.1, -0.05) is 25.1 Å². The number of hydrogen-bond acceptors (Lipinski definition) is 5. The molecule has 24 heavy (non-hydrogen) atoms. The number of amides is 1. The number of carbonyl (C=O) groups excluding carboxylic acids is 1. The quantitative estimate of drug-likeness (QED) is 0.643. The van der Waals surface area contributed by atoms with Crippen molar-refractivity contribution in [3.63, 3.8) is 0 Å². The molecule has 0 heterocycles. The molecule has 0 saturated carbocycles. The maximum absolute atomic E-state index is 11.7. The van der Waals surface area contributed by atoms with Gasteiger partial charge in [0.2, 0.25) is 5.91 Å². The van der Waals surface area contributed by atoms with Gasteiger partial charge in [0.25, 0.3) is 0 Å². The summed E-state index contributed by atoms with van der Waals surface area (Å²) < 4.78 is 28.4. The van der Waals surface area contributed by atoms with E-state index in [9.17, 15) is 23.1 Å². The normalized spacial score (nSPS) is 12.4. The van der Waals surface area contributed by atoms with Crippen LogP contribution in [0.5, 0.6) is 5.75 Å². The first-order valence-electron chi connectivity index (χ1n) is 7.61. The Morgan fingerprint density at radius 2 is 1.96 bits per heavy atom. The first-order chi connectivity index (χ1) is 11.3. The molecule has 0 aliphatic carbocycles. The lowest BCUT2D eigenvalue weighted by molar-refractivity contribution is -0.141. The van der Waals surface area contributed by atoms with Crippen LogP contribution in [0.2, 0.25) is 0 Å². The van der Waals surface area contributed by atoms with Gasteiger partial charge in [0.05, 0.1) is 18.8 Å². The molecule has 0 bridgehead atoms. The molecule has 2 N–H and O–H groups in total. The summed E-state index contributed by atoms with van der Waals surface area (Å²) in [5.41, 5.74) is 0.709. The van der Waals surface area contributed by atoms with E-state index in [0.717, 1.165) is 0 Å². The van der Waals surface area contributed by atoms with E-state index in [2.05, 4.69) is 5.32 Å². The van der Waals surface area contributed by atoms with E-state index in [1.807, 2.05) is 0 Å². The van der Waals surface area contributed by atoms with Crippen LogP contribution in [0, 0.1) is 5.92 Å². The minimum absolute atomic E-state index is 0.0655. The summed E-state index contributed by atoms with van der Waals surface area (Å²) in [5, 5.41) is 11.7. The van der Waals surface area contributed by atoms with Gasteiger partial charge >= 0.3 is 5.97 Å². The Bertz CT molecular complexity index is 671. The molecule has 0 aliphatic heterocycles. The third-order valence-electron chi connectivity index (χ3n) is 3.42. The van der Waals surface area contributed by atoms with Gasteiger partial charge in [-0.05, 0) is 24.5 Å². The summed E-state index contributed by atoms with van der Waals surface area (Å²) >= 11 is 0. The third-order valence-corrected chi connectivity index (χ3v) is 5.15. The van der Waals surface area contributed by atoms with Gasteiger partial charge in [0, 0.05) is 6.54 Å². The molecule has 8 heteroatoms. The minimum Gasteiger partial charge on any atom is -0.496 e. The van der Waals surface area contributed by atoms with Crippen LogP contribution >= 0.6 is 0 Å². The van der Waals surface area contributed by atoms with Gasteiger partial charge in [0.1, 0.15) is 11.5 Å². The number of carboxylic acid groups (broad SMARTS) is 1. The summed E-state index contributed by atoms with van der Waals surface area (Å²) in [6.45, 7) is 1.57. The molecular formula is C16H23NO6S. The predicted molar refractivity (Wildman–Crippen MR) is 89.8 cm³/mol. The molecule has 0 radical (unpaired) electrons. The van der Waals surface area contributed by atoms with Crippen LogP contribution in [0.1, 0.15) is 18.9 Å². The second-order valence-electron chi connectivity index (χ2n) is 5.45. The Kier molecular flexibility index (Phi) is 7.70. The largest absolute Gasteiger partial charge is 0.496 e. The number of methoxy groups -OCH3 is 1. The SMILES string of the molecule is CCCS(=O)(=O)CC(=O)NCC(Cc1ccccc1OC)C(=O)O. The molecule has 1 amide bonds. The summed E-state index contributed by atoms with van der Waals surface area (Å²) in [6.07, 6.45) is 0.600. The van der Waals surface area contributed by atoms with E-state index in [1.54, 1.807) is 31.2 Å². The fraction of sp³-hybridized carbons (Fsp3) is 0.500. The van der Waals surface area contributed by atoms with Crippen molar-refractivity contribution in [1.29, 1.82) is 0 Å². The number of rotatable bonds is 10. The van der Waals surface area contributed by atoms with Gasteiger partial charge in [-0.3, -0.25) is 9.59 Å². The highest BCUT2D eigenvalue weighted by Gasteiger charge is 2.22. The Morgan fingerprint density at radius 1 is 1.29 bits per heavy atom. The van der Waals surface area contributed by atoms with Crippen molar-refractivity contribution in [3.05, 3.63) is 29.8 Å². The molecule has 0 saturated heterocycles. The van der Waals surface area contributed by atoms with Gasteiger partial charge < -0.3 is 15.2 Å². The topological polar surface area (TPSA) is 110 Å². The van der Waals surface area contributed by atoms with Crippen molar-refractivity contribution in [1.82, 2.24) is 5.32 Å². The molecule has 0 aliphatic rings. The molecular weight excluding hydrogens is 334 g/mol. The van der Waals surface area contributed by atoms with E-state index in [-0.39, 0.29) is 18.7 Å². The Labute approximate surface area is 141 Å². The van der Waals surface area contributed by atoms with Crippen molar-refractivity contribution >= 4 is 21.7 Å². The van der Waals surface area contributed by atoms with Crippen LogP contribution in [0.4, 0.5) is 0 Å². The number of carbonyl (C=O) groups is 2. The zero-order valence-corrected chi connectivity index (χ0v) is 14.6. The molecule has 1 aromatic carbocycles. The zero-order chi connectivity index (χ0) is 18.2. The first-order valence-corrected chi connectivity index (χ1v) is 9.43. The van der Waals surface area contributed by atoms with Crippen molar-refractivity contribution in [2.45, 2.75) is 19.8 Å².